The van der Waals surface area contributed by atoms with Crippen LogP contribution in [-0.2, 0) is 19.5 Å². The summed E-state index contributed by atoms with van der Waals surface area (Å²) in [6, 6.07) is 13.3. The monoisotopic (exact) mass is 315 g/mol. The smallest absolute Gasteiger partial charge is 0.317 e. The van der Waals surface area contributed by atoms with E-state index in [1.807, 2.05) is 47.4 Å². The molecule has 2 amide bonds. The van der Waals surface area contributed by atoms with Crippen LogP contribution in [0.3, 0.4) is 0 Å². The molecule has 3 N–H and O–H groups in total. The summed E-state index contributed by atoms with van der Waals surface area (Å²) in [5.41, 5.74) is 9.99. The molecule has 4 nitrogen and oxygen atoms in total. The van der Waals surface area contributed by atoms with Crippen LogP contribution in [0.15, 0.2) is 42.5 Å². The van der Waals surface area contributed by atoms with Gasteiger partial charge in [-0.15, -0.1) is 0 Å². The number of nitrogen functional groups attached to an aromatic ring is 1. The van der Waals surface area contributed by atoms with Gasteiger partial charge in [-0.25, -0.2) is 4.79 Å². The predicted octanol–water partition coefficient (Wildman–Crippen LogP) is 3.19. The standard InChI is InChI=1S/C17H18ClN3O/c18-15-4-1-12(2-5-15)10-20-17(22)21-8-7-13-3-6-16(19)9-14(13)11-21/h1-6,9H,7-8,10-11,19H2,(H,20,22). The number of rotatable bonds is 2. The topological polar surface area (TPSA) is 58.4 Å². The van der Waals surface area contributed by atoms with Gasteiger partial charge in [0, 0.05) is 30.3 Å². The average Bonchev–Trinajstić information content (AvgIpc) is 2.53. The molecular formula is C17H18ClN3O. The van der Waals surface area contributed by atoms with Crippen molar-refractivity contribution in [2.45, 2.75) is 19.5 Å². The number of carbonyl (C=O) groups is 1. The van der Waals surface area contributed by atoms with E-state index in [2.05, 4.69) is 5.32 Å². The number of urea groups is 1. The molecule has 3 rings (SSSR count). The van der Waals surface area contributed by atoms with Gasteiger partial charge in [0.25, 0.3) is 0 Å². The van der Waals surface area contributed by atoms with Crippen molar-refractivity contribution in [2.75, 3.05) is 12.3 Å². The van der Waals surface area contributed by atoms with Crippen LogP contribution in [0.5, 0.6) is 0 Å². The minimum absolute atomic E-state index is 0.0528. The van der Waals surface area contributed by atoms with Gasteiger partial charge in [0.15, 0.2) is 0 Å². The Morgan fingerprint density at radius 3 is 2.73 bits per heavy atom. The minimum Gasteiger partial charge on any atom is -0.399 e. The number of carbonyl (C=O) groups excluding carboxylic acids is 1. The molecule has 0 bridgehead atoms. The molecule has 0 aliphatic carbocycles. The van der Waals surface area contributed by atoms with Crippen molar-refractivity contribution in [3.05, 3.63) is 64.2 Å². The zero-order chi connectivity index (χ0) is 15.5. The second-order valence-corrected chi connectivity index (χ2v) is 5.92. The highest BCUT2D eigenvalue weighted by Gasteiger charge is 2.20. The van der Waals surface area contributed by atoms with E-state index in [4.69, 9.17) is 17.3 Å². The van der Waals surface area contributed by atoms with E-state index in [1.54, 1.807) is 0 Å². The fraction of sp³-hybridized carbons (Fsp3) is 0.235. The Hall–Kier alpha value is -2.20. The maximum Gasteiger partial charge on any atom is 0.317 e. The number of hydrogen-bond donors (Lipinski definition) is 2. The van der Waals surface area contributed by atoms with Gasteiger partial charge in [-0.3, -0.25) is 0 Å². The zero-order valence-corrected chi connectivity index (χ0v) is 12.9. The molecule has 0 atom stereocenters. The van der Waals surface area contributed by atoms with Crippen LogP contribution in [0.4, 0.5) is 10.5 Å². The Bertz CT molecular complexity index is 685. The number of nitrogens with zero attached hydrogens (tertiary/aromatic N) is 1. The first-order valence-corrected chi connectivity index (χ1v) is 7.64. The molecule has 0 fully saturated rings. The van der Waals surface area contributed by atoms with Crippen LogP contribution in [0.2, 0.25) is 5.02 Å². The molecule has 0 aromatic heterocycles. The zero-order valence-electron chi connectivity index (χ0n) is 12.2. The lowest BCUT2D eigenvalue weighted by atomic mass is 9.99. The minimum atomic E-state index is -0.0528. The predicted molar refractivity (Wildman–Crippen MR) is 88.7 cm³/mol. The Kier molecular flexibility index (Phi) is 4.20. The number of nitrogens with one attached hydrogen (secondary N) is 1. The number of fused-ring (bicyclic) bond motifs is 1. The summed E-state index contributed by atoms with van der Waals surface area (Å²) in [5, 5.41) is 3.64. The van der Waals surface area contributed by atoms with Crippen LogP contribution < -0.4 is 11.1 Å². The van der Waals surface area contributed by atoms with Gasteiger partial charge in [0.05, 0.1) is 0 Å². The van der Waals surface area contributed by atoms with Gasteiger partial charge in [-0.05, 0) is 47.4 Å². The lowest BCUT2D eigenvalue weighted by Crippen LogP contribution is -2.42. The van der Waals surface area contributed by atoms with E-state index in [1.165, 1.54) is 5.56 Å². The highest BCUT2D eigenvalue weighted by molar-refractivity contribution is 6.30. The normalized spacial score (nSPS) is 13.6. The summed E-state index contributed by atoms with van der Waals surface area (Å²) in [6.07, 6.45) is 0.865. The molecule has 0 spiro atoms. The summed E-state index contributed by atoms with van der Waals surface area (Å²) < 4.78 is 0. The highest BCUT2D eigenvalue weighted by Crippen LogP contribution is 2.21. The molecule has 114 valence electrons. The number of anilines is 1. The lowest BCUT2D eigenvalue weighted by Gasteiger charge is -2.29. The van der Waals surface area contributed by atoms with Crippen LogP contribution >= 0.6 is 11.6 Å². The van der Waals surface area contributed by atoms with Crippen molar-refractivity contribution in [3.63, 3.8) is 0 Å². The average molecular weight is 316 g/mol. The number of halogens is 1. The quantitative estimate of drug-likeness (QED) is 0.836. The van der Waals surface area contributed by atoms with E-state index in [0.29, 0.717) is 18.1 Å². The number of hydrogen-bond acceptors (Lipinski definition) is 2. The van der Waals surface area contributed by atoms with Gasteiger partial charge in [0.2, 0.25) is 0 Å². The van der Waals surface area contributed by atoms with Crippen molar-refractivity contribution < 1.29 is 4.79 Å². The number of benzene rings is 2. The molecule has 0 radical (unpaired) electrons. The second-order valence-electron chi connectivity index (χ2n) is 5.48. The molecule has 5 heteroatoms. The molecule has 0 unspecified atom stereocenters. The fourth-order valence-electron chi connectivity index (χ4n) is 2.64. The molecule has 1 heterocycles. The maximum atomic E-state index is 12.3. The Morgan fingerprint density at radius 2 is 1.95 bits per heavy atom. The van der Waals surface area contributed by atoms with Crippen LogP contribution in [0.1, 0.15) is 16.7 Å². The molecule has 0 saturated carbocycles. The summed E-state index contributed by atoms with van der Waals surface area (Å²) in [7, 11) is 0. The molecule has 1 aliphatic heterocycles. The van der Waals surface area contributed by atoms with Crippen molar-refractivity contribution in [3.8, 4) is 0 Å². The maximum absolute atomic E-state index is 12.3. The first-order chi connectivity index (χ1) is 10.6. The van der Waals surface area contributed by atoms with Crippen molar-refractivity contribution in [1.82, 2.24) is 10.2 Å². The molecule has 2 aromatic carbocycles. The van der Waals surface area contributed by atoms with Crippen LogP contribution in [-0.4, -0.2) is 17.5 Å². The van der Waals surface area contributed by atoms with E-state index in [-0.39, 0.29) is 6.03 Å². The Balaban J connectivity index is 1.60. The summed E-state index contributed by atoms with van der Waals surface area (Å²) in [5.74, 6) is 0. The van der Waals surface area contributed by atoms with Crippen molar-refractivity contribution in [2.24, 2.45) is 0 Å². The molecule has 1 aliphatic rings. The van der Waals surface area contributed by atoms with E-state index in [9.17, 15) is 4.79 Å². The Labute approximate surface area is 134 Å². The summed E-state index contributed by atoms with van der Waals surface area (Å²) in [6.45, 7) is 1.83. The summed E-state index contributed by atoms with van der Waals surface area (Å²) in [4.78, 5) is 14.1. The number of nitrogens with two attached hydrogens (primary N) is 1. The fourth-order valence-corrected chi connectivity index (χ4v) is 2.77. The van der Waals surface area contributed by atoms with Crippen molar-refractivity contribution in [1.29, 1.82) is 0 Å². The third-order valence-corrected chi connectivity index (χ3v) is 4.14. The molecule has 2 aromatic rings. The summed E-state index contributed by atoms with van der Waals surface area (Å²) >= 11 is 5.85. The Morgan fingerprint density at radius 1 is 1.18 bits per heavy atom. The molecule has 22 heavy (non-hydrogen) atoms. The number of amides is 2. The van der Waals surface area contributed by atoms with Gasteiger partial charge >= 0.3 is 6.03 Å². The van der Waals surface area contributed by atoms with E-state index >= 15 is 0 Å². The SMILES string of the molecule is Nc1ccc2c(c1)CN(C(=O)NCc1ccc(Cl)cc1)CC2. The lowest BCUT2D eigenvalue weighted by molar-refractivity contribution is 0.192. The second kappa shape index (κ2) is 6.28. The van der Waals surface area contributed by atoms with E-state index in [0.717, 1.165) is 29.8 Å². The van der Waals surface area contributed by atoms with Crippen LogP contribution in [0.25, 0.3) is 0 Å². The van der Waals surface area contributed by atoms with Gasteiger partial charge in [-0.2, -0.15) is 0 Å². The van der Waals surface area contributed by atoms with Gasteiger partial charge < -0.3 is 16.0 Å². The third kappa shape index (κ3) is 3.34. The molecule has 0 saturated heterocycles. The van der Waals surface area contributed by atoms with Gasteiger partial charge in [0.1, 0.15) is 0 Å². The van der Waals surface area contributed by atoms with Crippen LogP contribution in [0, 0.1) is 0 Å². The van der Waals surface area contributed by atoms with Crippen molar-refractivity contribution >= 4 is 23.3 Å². The van der Waals surface area contributed by atoms with E-state index < -0.39 is 0 Å². The third-order valence-electron chi connectivity index (χ3n) is 3.89. The molecular weight excluding hydrogens is 298 g/mol. The van der Waals surface area contributed by atoms with Gasteiger partial charge in [-0.1, -0.05) is 29.8 Å². The first-order valence-electron chi connectivity index (χ1n) is 7.26. The highest BCUT2D eigenvalue weighted by atomic mass is 35.5. The largest absolute Gasteiger partial charge is 0.399 e. The first kappa shape index (κ1) is 14.7.